The number of nitrogens with zero attached hydrogens (tertiary/aromatic N) is 3. The highest BCUT2D eigenvalue weighted by molar-refractivity contribution is 7.92. The Morgan fingerprint density at radius 2 is 1.82 bits per heavy atom. The van der Waals surface area contributed by atoms with Gasteiger partial charge in [-0.2, -0.15) is 0 Å². The fourth-order valence-electron chi connectivity index (χ4n) is 2.50. The molecule has 0 spiro atoms. The van der Waals surface area contributed by atoms with Crippen molar-refractivity contribution in [1.82, 2.24) is 14.8 Å². The molecule has 5 nitrogen and oxygen atoms in total. The monoisotopic (exact) mass is 345 g/mol. The number of rotatable bonds is 6. The van der Waals surface area contributed by atoms with Gasteiger partial charge in [-0.15, -0.1) is 11.3 Å². The molecule has 2 heterocycles. The highest BCUT2D eigenvalue weighted by Gasteiger charge is 2.28. The Balaban J connectivity index is 1.68. The maximum atomic E-state index is 12.1. The number of hydrogen-bond acceptors (Lipinski definition) is 6. The van der Waals surface area contributed by atoms with Gasteiger partial charge < -0.3 is 4.90 Å². The van der Waals surface area contributed by atoms with E-state index >= 15 is 0 Å². The summed E-state index contributed by atoms with van der Waals surface area (Å²) in [6.07, 6.45) is 2.67. The first-order valence-electron chi connectivity index (χ1n) is 7.82. The van der Waals surface area contributed by atoms with E-state index in [4.69, 9.17) is 0 Å². The average Bonchev–Trinajstić information content (AvgIpc) is 2.92. The molecule has 0 radical (unpaired) electrons. The van der Waals surface area contributed by atoms with Gasteiger partial charge in [0.05, 0.1) is 16.0 Å². The lowest BCUT2D eigenvalue weighted by molar-refractivity contribution is 0.128. The lowest BCUT2D eigenvalue weighted by atomic mass is 10.3. The lowest BCUT2D eigenvalue weighted by Gasteiger charge is -2.34. The number of piperazine rings is 1. The third kappa shape index (κ3) is 5.01. The SMILES string of the molecule is CC(C)(C)S(=O)(=O)CCCN1CCN(Cc2cncs2)CC1. The van der Waals surface area contributed by atoms with Gasteiger partial charge in [-0.25, -0.2) is 8.42 Å². The molecule has 0 N–H and O–H groups in total. The van der Waals surface area contributed by atoms with E-state index in [-0.39, 0.29) is 5.75 Å². The molecule has 22 heavy (non-hydrogen) atoms. The number of hydrogen-bond donors (Lipinski definition) is 0. The molecule has 0 amide bonds. The minimum absolute atomic E-state index is 0.289. The molecular weight excluding hydrogens is 318 g/mol. The second-order valence-electron chi connectivity index (χ2n) is 6.87. The van der Waals surface area contributed by atoms with Crippen molar-refractivity contribution >= 4 is 21.2 Å². The van der Waals surface area contributed by atoms with Crippen molar-refractivity contribution in [3.05, 3.63) is 16.6 Å². The Bertz CT molecular complexity index is 542. The van der Waals surface area contributed by atoms with E-state index in [9.17, 15) is 8.42 Å². The van der Waals surface area contributed by atoms with Crippen molar-refractivity contribution in [3.63, 3.8) is 0 Å². The van der Waals surface area contributed by atoms with Crippen molar-refractivity contribution in [2.75, 3.05) is 38.5 Å². The Hall–Kier alpha value is -0.500. The normalized spacial score (nSPS) is 18.7. The van der Waals surface area contributed by atoms with Gasteiger partial charge in [-0.3, -0.25) is 9.88 Å². The van der Waals surface area contributed by atoms with Gasteiger partial charge in [-0.05, 0) is 33.7 Å². The van der Waals surface area contributed by atoms with E-state index in [0.29, 0.717) is 0 Å². The quantitative estimate of drug-likeness (QED) is 0.788. The smallest absolute Gasteiger partial charge is 0.155 e. The molecule has 126 valence electrons. The summed E-state index contributed by atoms with van der Waals surface area (Å²) in [6, 6.07) is 0. The van der Waals surface area contributed by atoms with Crippen molar-refractivity contribution in [3.8, 4) is 0 Å². The molecule has 1 saturated heterocycles. The first kappa shape index (κ1) is 17.8. The predicted molar refractivity (Wildman–Crippen MR) is 92.0 cm³/mol. The van der Waals surface area contributed by atoms with Gasteiger partial charge in [0.1, 0.15) is 0 Å². The highest BCUT2D eigenvalue weighted by atomic mass is 32.2. The van der Waals surface area contributed by atoms with Crippen LogP contribution in [0, 0.1) is 0 Å². The summed E-state index contributed by atoms with van der Waals surface area (Å²) in [5, 5.41) is 0. The third-order valence-electron chi connectivity index (χ3n) is 4.15. The van der Waals surface area contributed by atoms with Crippen LogP contribution in [0.3, 0.4) is 0 Å². The highest BCUT2D eigenvalue weighted by Crippen LogP contribution is 2.17. The minimum Gasteiger partial charge on any atom is -0.301 e. The fraction of sp³-hybridized carbons (Fsp3) is 0.800. The summed E-state index contributed by atoms with van der Waals surface area (Å²) in [5.41, 5.74) is 1.88. The second kappa shape index (κ2) is 7.38. The summed E-state index contributed by atoms with van der Waals surface area (Å²) in [7, 11) is -2.99. The number of sulfone groups is 1. The lowest BCUT2D eigenvalue weighted by Crippen LogP contribution is -2.46. The molecule has 7 heteroatoms. The van der Waals surface area contributed by atoms with Crippen LogP contribution in [-0.2, 0) is 16.4 Å². The predicted octanol–water partition coefficient (Wildman–Crippen LogP) is 1.86. The average molecular weight is 346 g/mol. The van der Waals surface area contributed by atoms with E-state index in [1.807, 2.05) is 11.7 Å². The van der Waals surface area contributed by atoms with Crippen LogP contribution in [0.1, 0.15) is 32.1 Å². The van der Waals surface area contributed by atoms with Crippen LogP contribution in [0.25, 0.3) is 0 Å². The maximum Gasteiger partial charge on any atom is 0.155 e. The third-order valence-corrected chi connectivity index (χ3v) is 7.60. The van der Waals surface area contributed by atoms with Crippen molar-refractivity contribution in [2.24, 2.45) is 0 Å². The second-order valence-corrected chi connectivity index (χ2v) is 10.7. The van der Waals surface area contributed by atoms with Gasteiger partial charge in [0.25, 0.3) is 0 Å². The topological polar surface area (TPSA) is 53.5 Å². The van der Waals surface area contributed by atoms with Crippen LogP contribution < -0.4 is 0 Å². The van der Waals surface area contributed by atoms with E-state index in [1.54, 1.807) is 32.1 Å². The van der Waals surface area contributed by atoms with Crippen LogP contribution in [-0.4, -0.2) is 66.4 Å². The Kier molecular flexibility index (Phi) is 5.99. The summed E-state index contributed by atoms with van der Waals surface area (Å²) < 4.78 is 23.5. The number of thiazole rings is 1. The molecule has 0 aromatic carbocycles. The molecule has 0 aliphatic carbocycles. The zero-order chi connectivity index (χ0) is 16.2. The largest absolute Gasteiger partial charge is 0.301 e. The Morgan fingerprint density at radius 1 is 1.18 bits per heavy atom. The standard InChI is InChI=1S/C15H27N3O2S2/c1-15(2,3)22(19,20)10-4-5-17-6-8-18(9-7-17)12-14-11-16-13-21-14/h11,13H,4-10,12H2,1-3H3. The maximum absolute atomic E-state index is 12.1. The molecule has 2 rings (SSSR count). The van der Waals surface area contributed by atoms with Gasteiger partial charge in [0, 0.05) is 43.8 Å². The summed E-state index contributed by atoms with van der Waals surface area (Å²) in [5.74, 6) is 0.289. The van der Waals surface area contributed by atoms with E-state index in [1.165, 1.54) is 4.88 Å². The van der Waals surface area contributed by atoms with Gasteiger partial charge in [-0.1, -0.05) is 0 Å². The van der Waals surface area contributed by atoms with Crippen LogP contribution in [0.15, 0.2) is 11.7 Å². The molecule has 0 atom stereocenters. The number of aromatic nitrogens is 1. The summed E-state index contributed by atoms with van der Waals surface area (Å²) >= 11 is 1.70. The summed E-state index contributed by atoms with van der Waals surface area (Å²) in [6.45, 7) is 11.3. The van der Waals surface area contributed by atoms with Crippen molar-refractivity contribution < 1.29 is 8.42 Å². The van der Waals surface area contributed by atoms with E-state index in [0.717, 1.165) is 45.7 Å². The van der Waals surface area contributed by atoms with Gasteiger partial charge >= 0.3 is 0 Å². The molecule has 0 unspecified atom stereocenters. The Morgan fingerprint density at radius 3 is 2.36 bits per heavy atom. The van der Waals surface area contributed by atoms with Crippen molar-refractivity contribution in [1.29, 1.82) is 0 Å². The van der Waals surface area contributed by atoms with Crippen molar-refractivity contribution in [2.45, 2.75) is 38.5 Å². The molecule has 1 aliphatic rings. The van der Waals surface area contributed by atoms with Gasteiger partial charge in [0.2, 0.25) is 0 Å². The fourth-order valence-corrected chi connectivity index (χ4v) is 4.25. The van der Waals surface area contributed by atoms with Crippen LogP contribution in [0.4, 0.5) is 0 Å². The zero-order valence-corrected chi connectivity index (χ0v) is 15.4. The van der Waals surface area contributed by atoms with E-state index in [2.05, 4.69) is 14.8 Å². The van der Waals surface area contributed by atoms with Crippen LogP contribution in [0.2, 0.25) is 0 Å². The summed E-state index contributed by atoms with van der Waals surface area (Å²) in [4.78, 5) is 10.2. The van der Waals surface area contributed by atoms with Gasteiger partial charge in [0.15, 0.2) is 9.84 Å². The molecular formula is C15H27N3O2S2. The first-order chi connectivity index (χ1) is 10.3. The molecule has 1 aromatic heterocycles. The molecule has 1 aromatic rings. The minimum atomic E-state index is -2.99. The zero-order valence-electron chi connectivity index (χ0n) is 13.8. The molecule has 1 fully saturated rings. The van der Waals surface area contributed by atoms with Crippen LogP contribution >= 0.6 is 11.3 Å². The van der Waals surface area contributed by atoms with Crippen LogP contribution in [0.5, 0.6) is 0 Å². The molecule has 0 saturated carbocycles. The molecule has 0 bridgehead atoms. The first-order valence-corrected chi connectivity index (χ1v) is 10.4. The molecule has 1 aliphatic heterocycles. The Labute approximate surface area is 138 Å². The van der Waals surface area contributed by atoms with E-state index < -0.39 is 14.6 Å².